The molecule has 1 heterocycles. The molecule has 3 rings (SSSR count). The topological polar surface area (TPSA) is 60.2 Å². The molecule has 0 unspecified atom stereocenters. The van der Waals surface area contributed by atoms with E-state index in [0.717, 1.165) is 46.2 Å². The normalized spacial score (nSPS) is 11.0. The van der Waals surface area contributed by atoms with E-state index in [1.807, 2.05) is 36.4 Å². The summed E-state index contributed by atoms with van der Waals surface area (Å²) in [6.07, 6.45) is 0.906. The van der Waals surface area contributed by atoms with Gasteiger partial charge >= 0.3 is 0 Å². The molecule has 0 bridgehead atoms. The van der Waals surface area contributed by atoms with Gasteiger partial charge in [-0.25, -0.2) is 4.98 Å². The first-order chi connectivity index (χ1) is 10.7. The summed E-state index contributed by atoms with van der Waals surface area (Å²) in [7, 11) is 1.66. The van der Waals surface area contributed by atoms with Gasteiger partial charge in [0, 0.05) is 22.3 Å². The number of ether oxygens (including phenoxy) is 1. The molecule has 3 aromatic rings. The van der Waals surface area contributed by atoms with Crippen LogP contribution in [-0.2, 0) is 0 Å². The van der Waals surface area contributed by atoms with Crippen LogP contribution < -0.4 is 15.8 Å². The first-order valence-electron chi connectivity index (χ1n) is 7.24. The molecule has 0 amide bonds. The van der Waals surface area contributed by atoms with Crippen LogP contribution in [0.4, 0.5) is 5.69 Å². The van der Waals surface area contributed by atoms with E-state index in [-0.39, 0.29) is 0 Å². The highest BCUT2D eigenvalue weighted by molar-refractivity contribution is 6.31. The smallest absolute Gasteiger partial charge is 0.119 e. The average molecular weight is 316 g/mol. The van der Waals surface area contributed by atoms with E-state index in [9.17, 15) is 0 Å². The Morgan fingerprint density at radius 3 is 2.77 bits per heavy atom. The zero-order valence-corrected chi connectivity index (χ0v) is 13.2. The van der Waals surface area contributed by atoms with Crippen LogP contribution in [0, 0.1) is 0 Å². The van der Waals surface area contributed by atoms with Crippen molar-refractivity contribution in [3.05, 3.63) is 41.4 Å². The molecule has 0 radical (unpaired) electrons. The third kappa shape index (κ3) is 2.80. The Balaban J connectivity index is 2.24. The number of nitrogens with zero attached hydrogens (tertiary/aromatic N) is 1. The minimum Gasteiger partial charge on any atom is -0.497 e. The zero-order valence-electron chi connectivity index (χ0n) is 12.4. The van der Waals surface area contributed by atoms with Gasteiger partial charge in [-0.2, -0.15) is 0 Å². The van der Waals surface area contributed by atoms with Crippen LogP contribution in [0.3, 0.4) is 0 Å². The van der Waals surface area contributed by atoms with Gasteiger partial charge in [-0.05, 0) is 49.4 Å². The van der Waals surface area contributed by atoms with Gasteiger partial charge in [-0.15, -0.1) is 0 Å². The SMILES string of the molecule is COc1ccc2nc3cc(Cl)ccc3c(NCCCN)c2c1. The maximum atomic E-state index is 6.10. The fourth-order valence-electron chi connectivity index (χ4n) is 2.53. The summed E-state index contributed by atoms with van der Waals surface area (Å²) in [6.45, 7) is 1.47. The molecule has 0 spiro atoms. The first-order valence-corrected chi connectivity index (χ1v) is 7.61. The maximum absolute atomic E-state index is 6.10. The molecule has 2 aromatic carbocycles. The number of fused-ring (bicyclic) bond motifs is 2. The van der Waals surface area contributed by atoms with Crippen LogP contribution >= 0.6 is 11.6 Å². The monoisotopic (exact) mass is 315 g/mol. The predicted molar refractivity (Wildman–Crippen MR) is 93.0 cm³/mol. The Labute approximate surface area is 134 Å². The largest absolute Gasteiger partial charge is 0.497 e. The number of pyridine rings is 1. The van der Waals surface area contributed by atoms with E-state index in [0.29, 0.717) is 11.6 Å². The van der Waals surface area contributed by atoms with Crippen LogP contribution in [-0.4, -0.2) is 25.2 Å². The molecular formula is C17H18ClN3O. The molecule has 0 aliphatic heterocycles. The summed E-state index contributed by atoms with van der Waals surface area (Å²) in [6, 6.07) is 11.6. The van der Waals surface area contributed by atoms with E-state index in [1.165, 1.54) is 0 Å². The molecule has 4 nitrogen and oxygen atoms in total. The summed E-state index contributed by atoms with van der Waals surface area (Å²) in [5, 5.41) is 6.24. The number of aromatic nitrogens is 1. The van der Waals surface area contributed by atoms with Crippen LogP contribution in [0.5, 0.6) is 5.75 Å². The van der Waals surface area contributed by atoms with Gasteiger partial charge in [-0.1, -0.05) is 11.6 Å². The third-order valence-corrected chi connectivity index (χ3v) is 3.86. The van der Waals surface area contributed by atoms with Crippen molar-refractivity contribution in [1.29, 1.82) is 0 Å². The predicted octanol–water partition coefficient (Wildman–Crippen LogP) is 3.81. The summed E-state index contributed by atoms with van der Waals surface area (Å²) < 4.78 is 5.34. The van der Waals surface area contributed by atoms with Gasteiger partial charge < -0.3 is 15.8 Å². The highest BCUT2D eigenvalue weighted by Crippen LogP contribution is 2.34. The van der Waals surface area contributed by atoms with Crippen LogP contribution in [0.15, 0.2) is 36.4 Å². The van der Waals surface area contributed by atoms with Gasteiger partial charge in [0.2, 0.25) is 0 Å². The van der Waals surface area contributed by atoms with Gasteiger partial charge in [-0.3, -0.25) is 0 Å². The number of nitrogens with one attached hydrogen (secondary N) is 1. The van der Waals surface area contributed by atoms with Crippen molar-refractivity contribution in [2.75, 3.05) is 25.5 Å². The van der Waals surface area contributed by atoms with E-state index < -0.39 is 0 Å². The molecule has 0 fully saturated rings. The second kappa shape index (κ2) is 6.38. The molecule has 3 N–H and O–H groups in total. The highest BCUT2D eigenvalue weighted by atomic mass is 35.5. The number of hydrogen-bond acceptors (Lipinski definition) is 4. The lowest BCUT2D eigenvalue weighted by Crippen LogP contribution is -2.09. The van der Waals surface area contributed by atoms with Crippen molar-refractivity contribution in [3.63, 3.8) is 0 Å². The van der Waals surface area contributed by atoms with Gasteiger partial charge in [0.1, 0.15) is 5.75 Å². The molecule has 5 heteroatoms. The molecule has 22 heavy (non-hydrogen) atoms. The number of benzene rings is 2. The Kier molecular flexibility index (Phi) is 4.32. The number of methoxy groups -OCH3 is 1. The van der Waals surface area contributed by atoms with Crippen molar-refractivity contribution in [2.24, 2.45) is 5.73 Å². The minimum absolute atomic E-state index is 0.656. The lowest BCUT2D eigenvalue weighted by molar-refractivity contribution is 0.415. The number of anilines is 1. The van der Waals surface area contributed by atoms with Crippen LogP contribution in [0.2, 0.25) is 5.02 Å². The van der Waals surface area contributed by atoms with Gasteiger partial charge in [0.15, 0.2) is 0 Å². The Bertz CT molecular complexity index is 820. The van der Waals surface area contributed by atoms with E-state index in [1.54, 1.807) is 7.11 Å². The van der Waals surface area contributed by atoms with Crippen LogP contribution in [0.25, 0.3) is 21.8 Å². The molecule has 0 saturated carbocycles. The fraction of sp³-hybridized carbons (Fsp3) is 0.235. The second-order valence-electron chi connectivity index (χ2n) is 5.10. The quantitative estimate of drug-likeness (QED) is 0.555. The van der Waals surface area contributed by atoms with E-state index in [4.69, 9.17) is 27.1 Å². The van der Waals surface area contributed by atoms with Gasteiger partial charge in [0.25, 0.3) is 0 Å². The number of hydrogen-bond donors (Lipinski definition) is 2. The number of halogens is 1. The summed E-state index contributed by atoms with van der Waals surface area (Å²) in [5.41, 5.74) is 8.42. The molecular weight excluding hydrogens is 298 g/mol. The van der Waals surface area contributed by atoms with Crippen molar-refractivity contribution in [1.82, 2.24) is 4.98 Å². The maximum Gasteiger partial charge on any atom is 0.119 e. The van der Waals surface area contributed by atoms with Crippen molar-refractivity contribution in [2.45, 2.75) is 6.42 Å². The lowest BCUT2D eigenvalue weighted by atomic mass is 10.1. The van der Waals surface area contributed by atoms with Crippen molar-refractivity contribution in [3.8, 4) is 5.75 Å². The lowest BCUT2D eigenvalue weighted by Gasteiger charge is -2.14. The fourth-order valence-corrected chi connectivity index (χ4v) is 2.70. The Morgan fingerprint density at radius 2 is 2.00 bits per heavy atom. The van der Waals surface area contributed by atoms with Gasteiger partial charge in [0.05, 0.1) is 23.8 Å². The third-order valence-electron chi connectivity index (χ3n) is 3.63. The Morgan fingerprint density at radius 1 is 1.14 bits per heavy atom. The van der Waals surface area contributed by atoms with Crippen molar-refractivity contribution < 1.29 is 4.74 Å². The molecule has 114 valence electrons. The summed E-state index contributed by atoms with van der Waals surface area (Å²) >= 11 is 6.10. The highest BCUT2D eigenvalue weighted by Gasteiger charge is 2.10. The summed E-state index contributed by atoms with van der Waals surface area (Å²) in [5.74, 6) is 0.810. The molecule has 0 atom stereocenters. The number of rotatable bonds is 5. The molecule has 0 aliphatic carbocycles. The summed E-state index contributed by atoms with van der Waals surface area (Å²) in [4.78, 5) is 4.70. The minimum atomic E-state index is 0.656. The average Bonchev–Trinajstić information content (AvgIpc) is 2.53. The molecule has 1 aromatic heterocycles. The molecule has 0 aliphatic rings. The molecule has 0 saturated heterocycles. The van der Waals surface area contributed by atoms with Crippen LogP contribution in [0.1, 0.15) is 6.42 Å². The van der Waals surface area contributed by atoms with E-state index >= 15 is 0 Å². The van der Waals surface area contributed by atoms with E-state index in [2.05, 4.69) is 5.32 Å². The second-order valence-corrected chi connectivity index (χ2v) is 5.54. The van der Waals surface area contributed by atoms with Crippen molar-refractivity contribution >= 4 is 39.1 Å². The Hall–Kier alpha value is -2.04. The zero-order chi connectivity index (χ0) is 15.5. The standard InChI is InChI=1S/C17H18ClN3O/c1-22-12-4-6-15-14(10-12)17(20-8-2-7-19)13-5-3-11(18)9-16(13)21-15/h3-6,9-10H,2,7-8,19H2,1H3,(H,20,21). The first kappa shape index (κ1) is 14.9. The number of nitrogens with two attached hydrogens (primary N) is 1.